The summed E-state index contributed by atoms with van der Waals surface area (Å²) in [5, 5.41) is 2.83. The van der Waals surface area contributed by atoms with Crippen LogP contribution in [0.3, 0.4) is 0 Å². The van der Waals surface area contributed by atoms with Gasteiger partial charge in [-0.3, -0.25) is 0 Å². The average Bonchev–Trinajstić information content (AvgIpc) is 2.53. The van der Waals surface area contributed by atoms with Crippen LogP contribution in [0.5, 0.6) is 0 Å². The largest absolute Gasteiger partial charge is 0.445 e. The van der Waals surface area contributed by atoms with Crippen LogP contribution in [0.25, 0.3) is 0 Å². The van der Waals surface area contributed by atoms with E-state index in [0.29, 0.717) is 0 Å². The van der Waals surface area contributed by atoms with Crippen molar-refractivity contribution >= 4 is 6.09 Å². The van der Waals surface area contributed by atoms with Crippen molar-refractivity contribution in [2.45, 2.75) is 39.0 Å². The first-order chi connectivity index (χ1) is 10.9. The highest BCUT2D eigenvalue weighted by Crippen LogP contribution is 2.20. The van der Waals surface area contributed by atoms with Gasteiger partial charge in [-0.15, -0.1) is 0 Å². The van der Waals surface area contributed by atoms with E-state index in [0.717, 1.165) is 16.7 Å². The summed E-state index contributed by atoms with van der Waals surface area (Å²) >= 11 is 0. The Morgan fingerprint density at radius 1 is 1.13 bits per heavy atom. The van der Waals surface area contributed by atoms with Gasteiger partial charge in [-0.1, -0.05) is 54.6 Å². The fourth-order valence-electron chi connectivity index (χ4n) is 2.23. The molecule has 0 aliphatic rings. The van der Waals surface area contributed by atoms with Crippen LogP contribution in [0.4, 0.5) is 4.79 Å². The number of carbonyl (C=O) groups is 1. The number of carbonyl (C=O) groups excluding carboxylic acids is 1. The van der Waals surface area contributed by atoms with Gasteiger partial charge in [0.1, 0.15) is 6.61 Å². The molecule has 0 fully saturated rings. The number of nitrogens with two attached hydrogens (primary N) is 1. The van der Waals surface area contributed by atoms with Crippen LogP contribution >= 0.6 is 0 Å². The molecular weight excluding hydrogens is 288 g/mol. The van der Waals surface area contributed by atoms with E-state index in [1.165, 1.54) is 0 Å². The first-order valence-corrected chi connectivity index (χ1v) is 7.73. The Bertz CT molecular complexity index is 631. The molecule has 2 rings (SSSR count). The van der Waals surface area contributed by atoms with E-state index in [1.807, 2.05) is 75.4 Å². The van der Waals surface area contributed by atoms with Crippen LogP contribution in [0.15, 0.2) is 54.6 Å². The molecule has 0 spiro atoms. The Morgan fingerprint density at radius 2 is 1.74 bits per heavy atom. The molecule has 1 amide bonds. The fourth-order valence-corrected chi connectivity index (χ4v) is 2.23. The summed E-state index contributed by atoms with van der Waals surface area (Å²) in [5.74, 6) is 0. The second-order valence-electron chi connectivity index (χ2n) is 6.27. The fraction of sp³-hybridized carbons (Fsp3) is 0.316. The second kappa shape index (κ2) is 7.29. The molecule has 2 aromatic carbocycles. The quantitative estimate of drug-likeness (QED) is 0.881. The molecule has 0 heterocycles. The van der Waals surface area contributed by atoms with Crippen LogP contribution in [0, 0.1) is 0 Å². The van der Waals surface area contributed by atoms with Crippen molar-refractivity contribution in [1.82, 2.24) is 5.32 Å². The third-order valence-corrected chi connectivity index (χ3v) is 3.70. The zero-order chi connectivity index (χ0) is 16.9. The maximum atomic E-state index is 11.9. The Hall–Kier alpha value is -2.33. The van der Waals surface area contributed by atoms with E-state index in [1.54, 1.807) is 0 Å². The van der Waals surface area contributed by atoms with Crippen LogP contribution in [0.2, 0.25) is 0 Å². The Kier molecular flexibility index (Phi) is 5.40. The SMILES string of the molecule is CC(NC(=O)OCc1ccccc1)c1ccc(C(C)(C)N)cc1. The van der Waals surface area contributed by atoms with Crippen LogP contribution in [-0.2, 0) is 16.9 Å². The molecule has 1 unspecified atom stereocenters. The predicted octanol–water partition coefficient (Wildman–Crippen LogP) is 3.87. The number of hydrogen-bond acceptors (Lipinski definition) is 3. The molecule has 23 heavy (non-hydrogen) atoms. The third-order valence-electron chi connectivity index (χ3n) is 3.70. The maximum Gasteiger partial charge on any atom is 0.407 e. The number of rotatable bonds is 5. The molecule has 0 radical (unpaired) electrons. The molecular formula is C19H24N2O2. The minimum Gasteiger partial charge on any atom is -0.445 e. The number of hydrogen-bond donors (Lipinski definition) is 2. The lowest BCUT2D eigenvalue weighted by Gasteiger charge is -2.20. The Labute approximate surface area is 137 Å². The zero-order valence-corrected chi connectivity index (χ0v) is 13.9. The standard InChI is InChI=1S/C19H24N2O2/c1-14(16-9-11-17(12-10-16)19(2,3)20)21-18(22)23-13-15-7-5-4-6-8-15/h4-12,14H,13,20H2,1-3H3,(H,21,22). The topological polar surface area (TPSA) is 64.3 Å². The van der Waals surface area contributed by atoms with Crippen molar-refractivity contribution < 1.29 is 9.53 Å². The number of benzene rings is 2. The summed E-state index contributed by atoms with van der Waals surface area (Å²) in [5.41, 5.74) is 8.72. The molecule has 0 aliphatic heterocycles. The molecule has 0 aliphatic carbocycles. The first-order valence-electron chi connectivity index (χ1n) is 7.73. The number of nitrogens with one attached hydrogen (secondary N) is 1. The molecule has 0 saturated heterocycles. The lowest BCUT2D eigenvalue weighted by atomic mass is 9.94. The van der Waals surface area contributed by atoms with Crippen LogP contribution in [-0.4, -0.2) is 6.09 Å². The van der Waals surface area contributed by atoms with Crippen LogP contribution in [0.1, 0.15) is 43.5 Å². The van der Waals surface area contributed by atoms with E-state index in [9.17, 15) is 4.79 Å². The minimum atomic E-state index is -0.426. The van der Waals surface area contributed by atoms with Gasteiger partial charge in [-0.2, -0.15) is 0 Å². The monoisotopic (exact) mass is 312 g/mol. The summed E-state index contributed by atoms with van der Waals surface area (Å²) in [6.07, 6.45) is -0.426. The van der Waals surface area contributed by atoms with Crippen molar-refractivity contribution in [3.63, 3.8) is 0 Å². The van der Waals surface area contributed by atoms with E-state index < -0.39 is 6.09 Å². The van der Waals surface area contributed by atoms with Gasteiger partial charge < -0.3 is 15.8 Å². The van der Waals surface area contributed by atoms with Gasteiger partial charge >= 0.3 is 6.09 Å². The van der Waals surface area contributed by atoms with Crippen molar-refractivity contribution in [1.29, 1.82) is 0 Å². The molecule has 122 valence electrons. The Morgan fingerprint density at radius 3 is 2.30 bits per heavy atom. The number of alkyl carbamates (subject to hydrolysis) is 1. The average molecular weight is 312 g/mol. The highest BCUT2D eigenvalue weighted by molar-refractivity contribution is 5.67. The van der Waals surface area contributed by atoms with Gasteiger partial charge in [0, 0.05) is 5.54 Å². The molecule has 0 saturated carbocycles. The second-order valence-corrected chi connectivity index (χ2v) is 6.27. The van der Waals surface area contributed by atoms with E-state index in [-0.39, 0.29) is 18.2 Å². The molecule has 3 N–H and O–H groups in total. The number of amides is 1. The van der Waals surface area contributed by atoms with Gasteiger partial charge in [0.15, 0.2) is 0 Å². The minimum absolute atomic E-state index is 0.131. The van der Waals surface area contributed by atoms with Gasteiger partial charge in [0.25, 0.3) is 0 Å². The summed E-state index contributed by atoms with van der Waals surface area (Å²) < 4.78 is 5.23. The van der Waals surface area contributed by atoms with Gasteiger partial charge in [0.2, 0.25) is 0 Å². The smallest absolute Gasteiger partial charge is 0.407 e. The van der Waals surface area contributed by atoms with Crippen molar-refractivity contribution in [3.05, 3.63) is 71.3 Å². The molecule has 0 aromatic heterocycles. The van der Waals surface area contributed by atoms with Crippen LogP contribution < -0.4 is 11.1 Å². The summed E-state index contributed by atoms with van der Waals surface area (Å²) in [4.78, 5) is 11.9. The van der Waals surface area contributed by atoms with E-state index >= 15 is 0 Å². The molecule has 1 atom stereocenters. The molecule has 2 aromatic rings. The summed E-state index contributed by atoms with van der Waals surface area (Å²) in [7, 11) is 0. The lowest BCUT2D eigenvalue weighted by molar-refractivity contribution is 0.136. The lowest BCUT2D eigenvalue weighted by Crippen LogP contribution is -2.29. The highest BCUT2D eigenvalue weighted by atomic mass is 16.5. The Balaban J connectivity index is 1.88. The predicted molar refractivity (Wildman–Crippen MR) is 91.8 cm³/mol. The van der Waals surface area contributed by atoms with E-state index in [4.69, 9.17) is 10.5 Å². The molecule has 0 bridgehead atoms. The summed E-state index contributed by atoms with van der Waals surface area (Å²) in [6.45, 7) is 6.11. The summed E-state index contributed by atoms with van der Waals surface area (Å²) in [6, 6.07) is 17.4. The normalized spacial score (nSPS) is 12.5. The van der Waals surface area contributed by atoms with E-state index in [2.05, 4.69) is 5.32 Å². The highest BCUT2D eigenvalue weighted by Gasteiger charge is 2.15. The number of ether oxygens (including phenoxy) is 1. The van der Waals surface area contributed by atoms with Crippen molar-refractivity contribution in [2.24, 2.45) is 5.73 Å². The van der Waals surface area contributed by atoms with Crippen molar-refractivity contribution in [2.75, 3.05) is 0 Å². The zero-order valence-electron chi connectivity index (χ0n) is 13.9. The molecule has 4 heteroatoms. The van der Waals surface area contributed by atoms with Gasteiger partial charge in [0.05, 0.1) is 6.04 Å². The first kappa shape index (κ1) is 17.0. The maximum absolute atomic E-state index is 11.9. The molecule has 4 nitrogen and oxygen atoms in total. The van der Waals surface area contributed by atoms with Gasteiger partial charge in [-0.25, -0.2) is 4.79 Å². The third kappa shape index (κ3) is 5.11. The van der Waals surface area contributed by atoms with Gasteiger partial charge in [-0.05, 0) is 37.5 Å². The van der Waals surface area contributed by atoms with Crippen molar-refractivity contribution in [3.8, 4) is 0 Å².